The Labute approximate surface area is 85.5 Å². The summed E-state index contributed by atoms with van der Waals surface area (Å²) in [6, 6.07) is 0. The van der Waals surface area contributed by atoms with Gasteiger partial charge in [0.25, 0.3) is 0 Å². The third-order valence-electron chi connectivity index (χ3n) is 0.786. The lowest BCUT2D eigenvalue weighted by Crippen LogP contribution is -2.32. The van der Waals surface area contributed by atoms with E-state index in [1.165, 1.54) is 0 Å². The van der Waals surface area contributed by atoms with Crippen molar-refractivity contribution in [1.82, 2.24) is 5.32 Å². The summed E-state index contributed by atoms with van der Waals surface area (Å²) in [7, 11) is 1.15. The van der Waals surface area contributed by atoms with Gasteiger partial charge in [-0.15, -0.1) is 12.4 Å². The molecule has 0 saturated heterocycles. The summed E-state index contributed by atoms with van der Waals surface area (Å²) in [6.45, 7) is 0. The smallest absolute Gasteiger partial charge is 0.413 e. The van der Waals surface area contributed by atoms with E-state index >= 15 is 0 Å². The second kappa shape index (κ2) is 7.69. The van der Waals surface area contributed by atoms with Gasteiger partial charge in [0.2, 0.25) is 5.91 Å². The Hall–Kier alpha value is -0.950. The number of thioether (sulfide) groups is 1. The number of ether oxygens (including phenoxy) is 1. The highest BCUT2D eigenvalue weighted by molar-refractivity contribution is 8.14. The molecule has 0 saturated carbocycles. The Morgan fingerprint density at radius 1 is 1.62 bits per heavy atom. The van der Waals surface area contributed by atoms with E-state index in [0.717, 1.165) is 18.9 Å². The molecule has 0 bridgehead atoms. The van der Waals surface area contributed by atoms with E-state index < -0.39 is 12.0 Å². The number of rotatable bonds is 2. The fraction of sp³-hybridized carbons (Fsp3) is 0.400. The van der Waals surface area contributed by atoms with Crippen LogP contribution in [-0.4, -0.2) is 30.0 Å². The van der Waals surface area contributed by atoms with E-state index in [1.807, 2.05) is 5.32 Å². The number of nitrogens with two attached hydrogens (primary N) is 1. The molecular formula is C5H10ClN3O3S. The molecule has 0 heterocycles. The van der Waals surface area contributed by atoms with Gasteiger partial charge in [-0.1, -0.05) is 11.8 Å². The van der Waals surface area contributed by atoms with Crippen LogP contribution in [0.4, 0.5) is 4.79 Å². The number of carbonyl (C=O) groups is 2. The molecule has 13 heavy (non-hydrogen) atoms. The van der Waals surface area contributed by atoms with Crippen LogP contribution >= 0.6 is 24.2 Å². The maximum Gasteiger partial charge on any atom is 0.413 e. The van der Waals surface area contributed by atoms with Gasteiger partial charge in [0.15, 0.2) is 5.17 Å². The van der Waals surface area contributed by atoms with Gasteiger partial charge < -0.3 is 10.5 Å². The van der Waals surface area contributed by atoms with Gasteiger partial charge in [-0.3, -0.25) is 15.5 Å². The Balaban J connectivity index is 0. The van der Waals surface area contributed by atoms with Crippen molar-refractivity contribution in [3.63, 3.8) is 0 Å². The topological polar surface area (TPSA) is 105 Å². The fourth-order valence-electron chi connectivity index (χ4n) is 0.344. The third kappa shape index (κ3) is 8.96. The van der Waals surface area contributed by atoms with Crippen molar-refractivity contribution in [1.29, 1.82) is 5.41 Å². The molecule has 4 N–H and O–H groups in total. The molecule has 0 rings (SSSR count). The molecule has 0 fully saturated rings. The lowest BCUT2D eigenvalue weighted by Gasteiger charge is -2.00. The summed E-state index contributed by atoms with van der Waals surface area (Å²) in [5.41, 5.74) is 4.95. The molecule has 0 aromatic heterocycles. The Kier molecular flexibility index (Phi) is 8.61. The molecule has 6 nitrogen and oxygen atoms in total. The average molecular weight is 228 g/mol. The van der Waals surface area contributed by atoms with Crippen LogP contribution in [0.5, 0.6) is 0 Å². The molecule has 0 aliphatic heterocycles. The normalized spacial score (nSPS) is 8.08. The van der Waals surface area contributed by atoms with Gasteiger partial charge >= 0.3 is 6.09 Å². The van der Waals surface area contributed by atoms with Crippen LogP contribution in [0.1, 0.15) is 0 Å². The zero-order valence-corrected chi connectivity index (χ0v) is 8.46. The molecule has 0 aliphatic carbocycles. The first-order valence-corrected chi connectivity index (χ1v) is 3.89. The molecule has 76 valence electrons. The molecule has 2 amide bonds. The van der Waals surface area contributed by atoms with Gasteiger partial charge in [0, 0.05) is 0 Å². The number of hydrogen-bond donors (Lipinski definition) is 3. The summed E-state index contributed by atoms with van der Waals surface area (Å²) >= 11 is 0.833. The minimum absolute atomic E-state index is 0. The zero-order chi connectivity index (χ0) is 9.56. The van der Waals surface area contributed by atoms with E-state index in [1.54, 1.807) is 0 Å². The summed E-state index contributed by atoms with van der Waals surface area (Å²) in [5.74, 6) is -0.605. The number of amidine groups is 1. The number of amides is 2. The first-order chi connectivity index (χ1) is 5.56. The van der Waals surface area contributed by atoms with E-state index in [2.05, 4.69) is 4.74 Å². The van der Waals surface area contributed by atoms with E-state index in [-0.39, 0.29) is 23.3 Å². The highest BCUT2D eigenvalue weighted by Crippen LogP contribution is 1.95. The minimum Gasteiger partial charge on any atom is -0.453 e. The van der Waals surface area contributed by atoms with Crippen LogP contribution in [0.25, 0.3) is 0 Å². The average Bonchev–Trinajstić information content (AvgIpc) is 2.00. The van der Waals surface area contributed by atoms with Gasteiger partial charge in [0.1, 0.15) is 0 Å². The zero-order valence-electron chi connectivity index (χ0n) is 6.83. The lowest BCUT2D eigenvalue weighted by molar-refractivity contribution is -0.117. The standard InChI is InChI=1S/C5H9N3O3S.ClH/c1-11-5(10)8-3(9)2-12-4(6)7;/h2H2,1H3,(H3,6,7)(H,8,9,10);1H. The van der Waals surface area contributed by atoms with Crippen LogP contribution in [0, 0.1) is 5.41 Å². The number of hydrogen-bond acceptors (Lipinski definition) is 5. The Morgan fingerprint density at radius 2 is 2.15 bits per heavy atom. The molecule has 0 atom stereocenters. The number of alkyl carbamates (subject to hydrolysis) is 1. The monoisotopic (exact) mass is 227 g/mol. The molecule has 0 aromatic carbocycles. The molecule has 8 heteroatoms. The van der Waals surface area contributed by atoms with Crippen LogP contribution in [0.15, 0.2) is 0 Å². The number of halogens is 1. The van der Waals surface area contributed by atoms with Crippen molar-refractivity contribution in [2.45, 2.75) is 0 Å². The molecule has 0 aliphatic rings. The van der Waals surface area contributed by atoms with E-state index in [9.17, 15) is 9.59 Å². The van der Waals surface area contributed by atoms with Crippen molar-refractivity contribution in [3.8, 4) is 0 Å². The minimum atomic E-state index is -0.816. The van der Waals surface area contributed by atoms with Crippen molar-refractivity contribution in [2.24, 2.45) is 5.73 Å². The molecule has 0 unspecified atom stereocenters. The maximum absolute atomic E-state index is 10.7. The predicted octanol–water partition coefficient (Wildman–Crippen LogP) is -0.0825. The van der Waals surface area contributed by atoms with Crippen LogP contribution in [0.3, 0.4) is 0 Å². The van der Waals surface area contributed by atoms with Crippen LogP contribution in [-0.2, 0) is 9.53 Å². The van der Waals surface area contributed by atoms with Crippen LogP contribution in [0.2, 0.25) is 0 Å². The largest absolute Gasteiger partial charge is 0.453 e. The van der Waals surface area contributed by atoms with Gasteiger partial charge in [-0.2, -0.15) is 0 Å². The second-order valence-corrected chi connectivity index (χ2v) is 2.71. The first kappa shape index (κ1) is 14.6. The third-order valence-corrected chi connectivity index (χ3v) is 1.50. The number of methoxy groups -OCH3 is 1. The summed E-state index contributed by atoms with van der Waals surface area (Å²) in [6.07, 6.45) is -0.816. The van der Waals surface area contributed by atoms with Crippen molar-refractivity contribution < 1.29 is 14.3 Å². The summed E-state index contributed by atoms with van der Waals surface area (Å²) in [5, 5.41) is 8.50. The predicted molar refractivity (Wildman–Crippen MR) is 52.2 cm³/mol. The molecule has 0 spiro atoms. The van der Waals surface area contributed by atoms with E-state index in [0.29, 0.717) is 0 Å². The second-order valence-electron chi connectivity index (χ2n) is 1.69. The maximum atomic E-state index is 10.7. The lowest BCUT2D eigenvalue weighted by atomic mass is 10.7. The molecular weight excluding hydrogens is 218 g/mol. The highest BCUT2D eigenvalue weighted by Gasteiger charge is 2.07. The van der Waals surface area contributed by atoms with Gasteiger partial charge in [-0.25, -0.2) is 4.79 Å². The van der Waals surface area contributed by atoms with E-state index in [4.69, 9.17) is 11.1 Å². The van der Waals surface area contributed by atoms with Crippen LogP contribution < -0.4 is 11.1 Å². The number of carbonyl (C=O) groups excluding carboxylic acids is 2. The Morgan fingerprint density at radius 3 is 2.54 bits per heavy atom. The number of nitrogens with one attached hydrogen (secondary N) is 2. The molecule has 0 aromatic rings. The first-order valence-electron chi connectivity index (χ1n) is 2.91. The summed E-state index contributed by atoms with van der Waals surface area (Å²) in [4.78, 5) is 21.2. The Bertz CT molecular complexity index is 211. The summed E-state index contributed by atoms with van der Waals surface area (Å²) < 4.78 is 4.16. The van der Waals surface area contributed by atoms with Gasteiger partial charge in [0.05, 0.1) is 12.9 Å². The SMILES string of the molecule is COC(=O)NC(=O)CSC(=N)N.Cl. The fourth-order valence-corrected chi connectivity index (χ4v) is 0.703. The quantitative estimate of drug-likeness (QED) is 0.452. The highest BCUT2D eigenvalue weighted by atomic mass is 35.5. The van der Waals surface area contributed by atoms with Crippen molar-refractivity contribution in [2.75, 3.05) is 12.9 Å². The van der Waals surface area contributed by atoms with Crippen molar-refractivity contribution in [3.05, 3.63) is 0 Å². The van der Waals surface area contributed by atoms with Crippen molar-refractivity contribution >= 4 is 41.3 Å². The molecule has 0 radical (unpaired) electrons. The van der Waals surface area contributed by atoms with Gasteiger partial charge in [-0.05, 0) is 0 Å². The number of imide groups is 1.